The highest BCUT2D eigenvalue weighted by Crippen LogP contribution is 2.34. The number of methoxy groups -OCH3 is 2. The fourth-order valence-corrected chi connectivity index (χ4v) is 3.17. The van der Waals surface area contributed by atoms with E-state index in [-0.39, 0.29) is 0 Å². The van der Waals surface area contributed by atoms with Gasteiger partial charge >= 0.3 is 5.97 Å². The Balaban J connectivity index is 2.17. The van der Waals surface area contributed by atoms with Crippen molar-refractivity contribution in [2.45, 2.75) is 0 Å². The summed E-state index contributed by atoms with van der Waals surface area (Å²) in [5.74, 6) is -0.00802. The van der Waals surface area contributed by atoms with Crippen molar-refractivity contribution in [1.82, 2.24) is 9.55 Å². The van der Waals surface area contributed by atoms with Crippen molar-refractivity contribution in [3.05, 3.63) is 41.0 Å². The lowest BCUT2D eigenvalue weighted by Gasteiger charge is -2.00. The predicted molar refractivity (Wildman–Crippen MR) is 82.2 cm³/mol. The zero-order valence-corrected chi connectivity index (χ0v) is 12.7. The SMILES string of the molecule is COC(=O)c1sc(-n2cnc3ccc(C=O)cc32)cc1OC. The Kier molecular flexibility index (Phi) is 3.64. The number of ether oxygens (including phenoxy) is 2. The van der Waals surface area contributed by atoms with E-state index in [4.69, 9.17) is 9.47 Å². The first-order valence-corrected chi connectivity index (χ1v) is 7.18. The summed E-state index contributed by atoms with van der Waals surface area (Å²) in [5, 5.41) is 0.753. The first kappa shape index (κ1) is 14.3. The summed E-state index contributed by atoms with van der Waals surface area (Å²) >= 11 is 1.24. The van der Waals surface area contributed by atoms with Crippen LogP contribution in [0.5, 0.6) is 5.75 Å². The van der Waals surface area contributed by atoms with Crippen LogP contribution in [0.15, 0.2) is 30.6 Å². The molecule has 0 aliphatic carbocycles. The van der Waals surface area contributed by atoms with E-state index in [2.05, 4.69) is 4.98 Å². The Labute approximate surface area is 129 Å². The molecule has 0 saturated carbocycles. The number of esters is 1. The Hall–Kier alpha value is -2.67. The third kappa shape index (κ3) is 2.25. The van der Waals surface area contributed by atoms with Gasteiger partial charge in [0, 0.05) is 11.6 Å². The van der Waals surface area contributed by atoms with Gasteiger partial charge in [-0.05, 0) is 18.2 Å². The number of fused-ring (bicyclic) bond motifs is 1. The molecule has 0 atom stereocenters. The van der Waals surface area contributed by atoms with Crippen LogP contribution < -0.4 is 4.74 Å². The average Bonchev–Trinajstić information content (AvgIpc) is 3.16. The van der Waals surface area contributed by atoms with Gasteiger partial charge in [-0.15, -0.1) is 11.3 Å². The van der Waals surface area contributed by atoms with Crippen LogP contribution in [0.1, 0.15) is 20.0 Å². The number of aldehydes is 1. The van der Waals surface area contributed by atoms with Gasteiger partial charge in [0.05, 0.1) is 25.3 Å². The minimum atomic E-state index is -0.453. The fraction of sp³-hybridized carbons (Fsp3) is 0.133. The molecule has 0 N–H and O–H groups in total. The second-order valence-corrected chi connectivity index (χ2v) is 5.48. The largest absolute Gasteiger partial charge is 0.495 e. The molecule has 3 rings (SSSR count). The van der Waals surface area contributed by atoms with Gasteiger partial charge in [0.1, 0.15) is 23.4 Å². The normalized spacial score (nSPS) is 10.6. The summed E-state index contributed by atoms with van der Waals surface area (Å²) < 4.78 is 11.8. The van der Waals surface area contributed by atoms with Crippen molar-refractivity contribution in [3.63, 3.8) is 0 Å². The summed E-state index contributed by atoms with van der Waals surface area (Å²) in [6.07, 6.45) is 2.43. The monoisotopic (exact) mass is 316 g/mol. The Morgan fingerprint density at radius 3 is 2.82 bits per heavy atom. The van der Waals surface area contributed by atoms with Gasteiger partial charge in [0.2, 0.25) is 0 Å². The second kappa shape index (κ2) is 5.61. The molecule has 1 aromatic carbocycles. The molecule has 6 nitrogen and oxygen atoms in total. The predicted octanol–water partition coefficient (Wildman–Crippen LogP) is 2.69. The molecule has 2 aromatic heterocycles. The maximum atomic E-state index is 11.8. The molecule has 0 bridgehead atoms. The van der Waals surface area contributed by atoms with Crippen LogP contribution in [0.25, 0.3) is 16.0 Å². The van der Waals surface area contributed by atoms with Crippen LogP contribution in [-0.4, -0.2) is 36.0 Å². The van der Waals surface area contributed by atoms with Gasteiger partial charge in [-0.3, -0.25) is 9.36 Å². The molecule has 0 saturated heterocycles. The Morgan fingerprint density at radius 1 is 1.32 bits per heavy atom. The van der Waals surface area contributed by atoms with Crippen LogP contribution >= 0.6 is 11.3 Å². The molecule has 22 heavy (non-hydrogen) atoms. The lowest BCUT2D eigenvalue weighted by atomic mass is 10.2. The number of carbonyl (C=O) groups is 2. The van der Waals surface area contributed by atoms with Crippen LogP contribution in [0.4, 0.5) is 0 Å². The van der Waals surface area contributed by atoms with Crippen molar-refractivity contribution in [2.24, 2.45) is 0 Å². The number of thiophene rings is 1. The van der Waals surface area contributed by atoms with Gasteiger partial charge in [-0.25, -0.2) is 9.78 Å². The van der Waals surface area contributed by atoms with Gasteiger partial charge in [-0.1, -0.05) is 0 Å². The third-order valence-corrected chi connectivity index (χ3v) is 4.32. The van der Waals surface area contributed by atoms with E-state index < -0.39 is 5.97 Å². The Bertz CT molecular complexity index is 866. The quantitative estimate of drug-likeness (QED) is 0.547. The van der Waals surface area contributed by atoms with Crippen LogP contribution in [0, 0.1) is 0 Å². The van der Waals surface area contributed by atoms with E-state index in [0.29, 0.717) is 16.2 Å². The smallest absolute Gasteiger partial charge is 0.351 e. The molecule has 0 aliphatic rings. The Morgan fingerprint density at radius 2 is 2.14 bits per heavy atom. The topological polar surface area (TPSA) is 70.4 Å². The molecule has 0 fully saturated rings. The zero-order valence-electron chi connectivity index (χ0n) is 11.9. The number of benzene rings is 1. The van der Waals surface area contributed by atoms with E-state index in [1.807, 2.05) is 4.57 Å². The summed E-state index contributed by atoms with van der Waals surface area (Å²) in [4.78, 5) is 27.4. The number of imidazole rings is 1. The minimum Gasteiger partial charge on any atom is -0.495 e. The molecule has 3 aromatic rings. The standard InChI is InChI=1S/C15H12N2O4S/c1-20-12-6-13(22-14(12)15(19)21-2)17-8-16-10-4-3-9(7-18)5-11(10)17/h3-8H,1-2H3. The van der Waals surface area contributed by atoms with Crippen LogP contribution in [-0.2, 0) is 4.74 Å². The van der Waals surface area contributed by atoms with Crippen molar-refractivity contribution in [3.8, 4) is 10.8 Å². The lowest BCUT2D eigenvalue weighted by molar-refractivity contribution is 0.0603. The average molecular weight is 316 g/mol. The van der Waals surface area contributed by atoms with E-state index >= 15 is 0 Å². The number of hydrogen-bond donors (Lipinski definition) is 0. The van der Waals surface area contributed by atoms with E-state index in [0.717, 1.165) is 22.3 Å². The summed E-state index contributed by atoms with van der Waals surface area (Å²) in [6.45, 7) is 0. The summed E-state index contributed by atoms with van der Waals surface area (Å²) in [7, 11) is 2.82. The molecule has 0 amide bonds. The maximum Gasteiger partial charge on any atom is 0.351 e. The van der Waals surface area contributed by atoms with E-state index in [9.17, 15) is 9.59 Å². The number of rotatable bonds is 4. The molecule has 0 unspecified atom stereocenters. The highest BCUT2D eigenvalue weighted by Gasteiger charge is 2.19. The van der Waals surface area contributed by atoms with E-state index in [1.165, 1.54) is 25.6 Å². The summed E-state index contributed by atoms with van der Waals surface area (Å²) in [5.41, 5.74) is 2.11. The van der Waals surface area contributed by atoms with Crippen LogP contribution in [0.2, 0.25) is 0 Å². The number of aromatic nitrogens is 2. The van der Waals surface area contributed by atoms with Gasteiger partial charge in [0.15, 0.2) is 4.88 Å². The number of hydrogen-bond acceptors (Lipinski definition) is 6. The highest BCUT2D eigenvalue weighted by atomic mass is 32.1. The minimum absolute atomic E-state index is 0.383. The first-order valence-electron chi connectivity index (χ1n) is 6.36. The van der Waals surface area contributed by atoms with Crippen molar-refractivity contribution >= 4 is 34.6 Å². The number of nitrogens with zero attached hydrogens (tertiary/aromatic N) is 2. The molecule has 0 aliphatic heterocycles. The molecule has 2 heterocycles. The third-order valence-electron chi connectivity index (χ3n) is 3.22. The number of carbonyl (C=O) groups excluding carboxylic acids is 2. The van der Waals surface area contributed by atoms with Gasteiger partial charge in [0.25, 0.3) is 0 Å². The van der Waals surface area contributed by atoms with Gasteiger partial charge in [-0.2, -0.15) is 0 Å². The summed E-state index contributed by atoms with van der Waals surface area (Å²) in [6, 6.07) is 6.98. The highest BCUT2D eigenvalue weighted by molar-refractivity contribution is 7.16. The van der Waals surface area contributed by atoms with Crippen LogP contribution in [0.3, 0.4) is 0 Å². The maximum absolute atomic E-state index is 11.8. The van der Waals surface area contributed by atoms with Gasteiger partial charge < -0.3 is 9.47 Å². The molecular weight excluding hydrogens is 304 g/mol. The fourth-order valence-electron chi connectivity index (χ4n) is 2.14. The lowest BCUT2D eigenvalue weighted by Crippen LogP contribution is -1.99. The van der Waals surface area contributed by atoms with E-state index in [1.54, 1.807) is 30.6 Å². The molecule has 0 spiro atoms. The van der Waals surface area contributed by atoms with Crippen molar-refractivity contribution in [1.29, 1.82) is 0 Å². The first-order chi connectivity index (χ1) is 10.7. The zero-order chi connectivity index (χ0) is 15.7. The molecule has 7 heteroatoms. The molecular formula is C15H12N2O4S. The molecule has 0 radical (unpaired) electrons. The second-order valence-electron chi connectivity index (χ2n) is 4.45. The molecule has 112 valence electrons. The van der Waals surface area contributed by atoms with Crippen molar-refractivity contribution in [2.75, 3.05) is 14.2 Å². The van der Waals surface area contributed by atoms with Crippen molar-refractivity contribution < 1.29 is 19.1 Å².